The van der Waals surface area contributed by atoms with Crippen LogP contribution in [0.3, 0.4) is 0 Å². The van der Waals surface area contributed by atoms with Crippen LogP contribution in [-0.2, 0) is 11.3 Å². The third kappa shape index (κ3) is 2.44. The Hall–Kier alpha value is -1.29. The minimum Gasteiger partial charge on any atom is -0.293 e. The molecule has 0 saturated carbocycles. The molecule has 1 aromatic carbocycles. The van der Waals surface area contributed by atoms with Gasteiger partial charge in [-0.3, -0.25) is 9.69 Å². The van der Waals surface area contributed by atoms with E-state index in [-0.39, 0.29) is 6.42 Å². The van der Waals surface area contributed by atoms with E-state index in [1.54, 1.807) is 4.90 Å². The molecule has 1 fully saturated rings. The van der Waals surface area contributed by atoms with Gasteiger partial charge in [-0.1, -0.05) is 30.3 Å². The van der Waals surface area contributed by atoms with E-state index in [0.717, 1.165) is 5.56 Å². The molecule has 86 valence electrons. The molecule has 0 atom stereocenters. The van der Waals surface area contributed by atoms with Crippen molar-refractivity contribution in [3.8, 4) is 0 Å². The minimum atomic E-state index is -3.17. The molecule has 0 aromatic heterocycles. The lowest BCUT2D eigenvalue weighted by molar-refractivity contribution is -0.151. The first-order valence-corrected chi connectivity index (χ1v) is 5.25. The molecule has 2 rings (SSSR count). The summed E-state index contributed by atoms with van der Waals surface area (Å²) >= 11 is 0. The fourth-order valence-corrected chi connectivity index (χ4v) is 1.87. The number of halogens is 2. The van der Waals surface area contributed by atoms with Gasteiger partial charge in [-0.25, -0.2) is 0 Å². The maximum absolute atomic E-state index is 13.2. The normalized spacial score (nSPS) is 21.0. The third-order valence-corrected chi connectivity index (χ3v) is 2.73. The Bertz CT molecular complexity index is 378. The highest BCUT2D eigenvalue weighted by molar-refractivity contribution is 5.86. The predicted molar refractivity (Wildman–Crippen MR) is 56.3 cm³/mol. The van der Waals surface area contributed by atoms with Crippen molar-refractivity contribution in [3.05, 3.63) is 35.9 Å². The first-order chi connectivity index (χ1) is 7.58. The zero-order valence-electron chi connectivity index (χ0n) is 8.83. The minimum absolute atomic E-state index is 0.0557. The molecule has 0 radical (unpaired) electrons. The molecular weight excluding hydrogens is 212 g/mol. The topological polar surface area (TPSA) is 20.3 Å². The van der Waals surface area contributed by atoms with Gasteiger partial charge in [0.05, 0.1) is 6.54 Å². The number of rotatable bonds is 2. The standard InChI is InChI=1S/C12H13F2NO/c13-12(14)9-15(7-6-11(12)16)8-10-4-2-1-3-5-10/h1-5H,6-9H2. The summed E-state index contributed by atoms with van der Waals surface area (Å²) in [4.78, 5) is 12.6. The van der Waals surface area contributed by atoms with E-state index < -0.39 is 18.3 Å². The van der Waals surface area contributed by atoms with E-state index in [0.29, 0.717) is 13.1 Å². The van der Waals surface area contributed by atoms with Crippen molar-refractivity contribution in [1.29, 1.82) is 0 Å². The van der Waals surface area contributed by atoms with E-state index in [1.165, 1.54) is 0 Å². The zero-order valence-corrected chi connectivity index (χ0v) is 8.83. The lowest BCUT2D eigenvalue weighted by atomic mass is 10.0. The quantitative estimate of drug-likeness (QED) is 0.768. The van der Waals surface area contributed by atoms with Crippen molar-refractivity contribution < 1.29 is 13.6 Å². The number of piperidine rings is 1. The molecule has 0 N–H and O–H groups in total. The molecule has 0 bridgehead atoms. The number of benzene rings is 1. The van der Waals surface area contributed by atoms with Crippen molar-refractivity contribution in [1.82, 2.24) is 4.90 Å². The molecule has 16 heavy (non-hydrogen) atoms. The average Bonchev–Trinajstić information content (AvgIpc) is 2.25. The summed E-state index contributed by atoms with van der Waals surface area (Å²) in [6.07, 6.45) is -0.0557. The van der Waals surface area contributed by atoms with E-state index in [4.69, 9.17) is 0 Å². The molecule has 0 amide bonds. The molecule has 0 spiro atoms. The summed E-state index contributed by atoms with van der Waals surface area (Å²) in [5.41, 5.74) is 0.993. The number of carbonyl (C=O) groups is 1. The number of likely N-dealkylation sites (tertiary alicyclic amines) is 1. The number of Topliss-reactive ketones (excluding diaryl/α,β-unsaturated/α-hetero) is 1. The van der Waals surface area contributed by atoms with E-state index in [1.807, 2.05) is 30.3 Å². The lowest BCUT2D eigenvalue weighted by Crippen LogP contribution is -2.48. The summed E-state index contributed by atoms with van der Waals surface area (Å²) in [7, 11) is 0. The van der Waals surface area contributed by atoms with Crippen LogP contribution < -0.4 is 0 Å². The predicted octanol–water partition coefficient (Wildman–Crippen LogP) is 2.10. The van der Waals surface area contributed by atoms with Crippen LogP contribution in [-0.4, -0.2) is 29.7 Å². The number of nitrogens with zero attached hydrogens (tertiary/aromatic N) is 1. The smallest absolute Gasteiger partial charge is 0.293 e. The monoisotopic (exact) mass is 225 g/mol. The molecular formula is C12H13F2NO. The Balaban J connectivity index is 2.00. The molecule has 0 unspecified atom stereocenters. The van der Waals surface area contributed by atoms with Gasteiger partial charge in [0, 0.05) is 19.5 Å². The SMILES string of the molecule is O=C1CCN(Cc2ccccc2)CC1(F)F. The van der Waals surface area contributed by atoms with Gasteiger partial charge in [0.15, 0.2) is 0 Å². The van der Waals surface area contributed by atoms with Gasteiger partial charge in [0.25, 0.3) is 0 Å². The van der Waals surface area contributed by atoms with Crippen molar-refractivity contribution in [2.45, 2.75) is 18.9 Å². The highest BCUT2D eigenvalue weighted by atomic mass is 19.3. The summed E-state index contributed by atoms with van der Waals surface area (Å²) in [6.45, 7) is 0.438. The van der Waals surface area contributed by atoms with Crippen LogP contribution in [0.5, 0.6) is 0 Å². The molecule has 1 aliphatic heterocycles. The summed E-state index contributed by atoms with van der Waals surface area (Å²) in [5.74, 6) is -4.11. The van der Waals surface area contributed by atoms with Crippen LogP contribution >= 0.6 is 0 Å². The molecule has 1 aromatic rings. The second kappa shape index (κ2) is 4.29. The van der Waals surface area contributed by atoms with Gasteiger partial charge in [-0.2, -0.15) is 8.78 Å². The largest absolute Gasteiger partial charge is 0.317 e. The average molecular weight is 225 g/mol. The first kappa shape index (κ1) is 11.2. The Morgan fingerprint density at radius 1 is 1.25 bits per heavy atom. The second-order valence-corrected chi connectivity index (χ2v) is 4.07. The zero-order chi connectivity index (χ0) is 11.6. The summed E-state index contributed by atoms with van der Waals surface area (Å²) in [6, 6.07) is 9.44. The molecule has 1 heterocycles. The van der Waals surface area contributed by atoms with Crippen LogP contribution in [0.4, 0.5) is 8.78 Å². The van der Waals surface area contributed by atoms with Crippen molar-refractivity contribution in [2.75, 3.05) is 13.1 Å². The Kier molecular flexibility index (Phi) is 3.01. The summed E-state index contributed by atoms with van der Waals surface area (Å²) in [5, 5.41) is 0. The van der Waals surface area contributed by atoms with Gasteiger partial charge in [-0.05, 0) is 5.56 Å². The van der Waals surface area contributed by atoms with Crippen LogP contribution in [0.1, 0.15) is 12.0 Å². The van der Waals surface area contributed by atoms with Crippen LogP contribution in [0, 0.1) is 0 Å². The Labute approximate surface area is 92.9 Å². The van der Waals surface area contributed by atoms with E-state index >= 15 is 0 Å². The number of carbonyl (C=O) groups excluding carboxylic acids is 1. The van der Waals surface area contributed by atoms with Crippen molar-refractivity contribution in [3.63, 3.8) is 0 Å². The summed E-state index contributed by atoms with van der Waals surface area (Å²) < 4.78 is 26.3. The van der Waals surface area contributed by atoms with Crippen LogP contribution in [0.25, 0.3) is 0 Å². The van der Waals surface area contributed by atoms with E-state index in [2.05, 4.69) is 0 Å². The second-order valence-electron chi connectivity index (χ2n) is 4.07. The first-order valence-electron chi connectivity index (χ1n) is 5.25. The molecule has 2 nitrogen and oxygen atoms in total. The van der Waals surface area contributed by atoms with Gasteiger partial charge in [0.1, 0.15) is 0 Å². The molecule has 1 aliphatic rings. The van der Waals surface area contributed by atoms with Gasteiger partial charge < -0.3 is 0 Å². The molecule has 0 aliphatic carbocycles. The fourth-order valence-electron chi connectivity index (χ4n) is 1.87. The number of hydrogen-bond donors (Lipinski definition) is 0. The maximum Gasteiger partial charge on any atom is 0.317 e. The van der Waals surface area contributed by atoms with Gasteiger partial charge in [-0.15, -0.1) is 0 Å². The van der Waals surface area contributed by atoms with Crippen LogP contribution in [0.15, 0.2) is 30.3 Å². The number of alkyl halides is 2. The highest BCUT2D eigenvalue weighted by Gasteiger charge is 2.43. The molecule has 4 heteroatoms. The highest BCUT2D eigenvalue weighted by Crippen LogP contribution is 2.24. The van der Waals surface area contributed by atoms with E-state index in [9.17, 15) is 13.6 Å². The molecule has 1 saturated heterocycles. The van der Waals surface area contributed by atoms with Crippen molar-refractivity contribution >= 4 is 5.78 Å². The van der Waals surface area contributed by atoms with Crippen LogP contribution in [0.2, 0.25) is 0 Å². The number of ketones is 1. The lowest BCUT2D eigenvalue weighted by Gasteiger charge is -2.31. The Morgan fingerprint density at radius 3 is 2.56 bits per heavy atom. The van der Waals surface area contributed by atoms with Crippen molar-refractivity contribution in [2.24, 2.45) is 0 Å². The van der Waals surface area contributed by atoms with Gasteiger partial charge >= 0.3 is 5.92 Å². The number of hydrogen-bond acceptors (Lipinski definition) is 2. The van der Waals surface area contributed by atoms with Gasteiger partial charge in [0.2, 0.25) is 5.78 Å². The fraction of sp³-hybridized carbons (Fsp3) is 0.417. The maximum atomic E-state index is 13.2. The Morgan fingerprint density at radius 2 is 1.94 bits per heavy atom. The third-order valence-electron chi connectivity index (χ3n) is 2.73.